The van der Waals surface area contributed by atoms with Gasteiger partial charge in [0.1, 0.15) is 6.61 Å². The van der Waals surface area contributed by atoms with Gasteiger partial charge < -0.3 is 16.9 Å². The van der Waals surface area contributed by atoms with E-state index in [-0.39, 0.29) is 12.4 Å². The first-order valence-electron chi connectivity index (χ1n) is 1.60. The molecule has 0 aromatic carbocycles. The van der Waals surface area contributed by atoms with E-state index < -0.39 is 0 Å². The van der Waals surface area contributed by atoms with Gasteiger partial charge in [-0.05, 0) is 6.92 Å². The van der Waals surface area contributed by atoms with Crippen molar-refractivity contribution in [3.05, 3.63) is 6.57 Å². The van der Waals surface area contributed by atoms with Crippen molar-refractivity contribution in [3.8, 4) is 0 Å². The van der Waals surface area contributed by atoms with Gasteiger partial charge in [-0.1, -0.05) is 0 Å². The Bertz CT molecular complexity index is 67.3. The van der Waals surface area contributed by atoms with E-state index >= 15 is 0 Å². The lowest BCUT2D eigenvalue weighted by Gasteiger charge is -1.72. The second-order valence-electron chi connectivity index (χ2n) is 0.860. The molecule has 0 aliphatic heterocycles. The van der Waals surface area contributed by atoms with Crippen LogP contribution in [0, 0.1) is 11.8 Å². The van der Waals surface area contributed by atoms with Crippen molar-refractivity contribution < 1.29 is 9.90 Å². The number of hydrogen-bond acceptors (Lipinski definition) is 3. The zero-order valence-electron chi connectivity index (χ0n) is 4.01. The van der Waals surface area contributed by atoms with Gasteiger partial charge in [0.2, 0.25) is 0 Å². The highest BCUT2D eigenvalue weighted by atomic mass is 16.3. The summed E-state index contributed by atoms with van der Waals surface area (Å²) in [5.41, 5.74) is 0. The molecule has 3 nitrogen and oxygen atoms in total. The van der Waals surface area contributed by atoms with Crippen LogP contribution in [-0.2, 0) is 4.79 Å². The summed E-state index contributed by atoms with van der Waals surface area (Å²) in [6, 6.07) is 0. The number of rotatable bonds is 1. The normalized spacial score (nSPS) is 5.71. The van der Waals surface area contributed by atoms with E-state index in [0.717, 1.165) is 0 Å². The standard InChI is InChI=1S/C3H6O2.CN/c1-3(5)2-4;1-2/h4H,2H2,1H3;/q;-1. The van der Waals surface area contributed by atoms with Crippen LogP contribution in [0.15, 0.2) is 0 Å². The Morgan fingerprint density at radius 1 is 1.86 bits per heavy atom. The van der Waals surface area contributed by atoms with Gasteiger partial charge in [-0.3, -0.25) is 4.79 Å². The molecule has 7 heavy (non-hydrogen) atoms. The number of carbonyl (C=O) groups is 1. The van der Waals surface area contributed by atoms with Crippen molar-refractivity contribution in [2.75, 3.05) is 6.61 Å². The van der Waals surface area contributed by atoms with E-state index in [4.69, 9.17) is 16.9 Å². The lowest BCUT2D eigenvalue weighted by molar-refractivity contribution is -0.119. The fourth-order valence-corrected chi connectivity index (χ4v) is 0. The van der Waals surface area contributed by atoms with Gasteiger partial charge in [0.05, 0.1) is 0 Å². The van der Waals surface area contributed by atoms with Crippen LogP contribution in [-0.4, -0.2) is 17.5 Å². The van der Waals surface area contributed by atoms with Crippen LogP contribution < -0.4 is 0 Å². The molecule has 0 amide bonds. The van der Waals surface area contributed by atoms with Gasteiger partial charge in [-0.25, -0.2) is 0 Å². The number of aliphatic hydroxyl groups excluding tert-OH is 1. The summed E-state index contributed by atoms with van der Waals surface area (Å²) in [5.74, 6) is -0.190. The van der Waals surface area contributed by atoms with Gasteiger partial charge in [0.15, 0.2) is 5.78 Å². The molecular weight excluding hydrogens is 94.0 g/mol. The third kappa shape index (κ3) is 39.7. The first-order chi connectivity index (χ1) is 3.27. The molecule has 1 N–H and O–H groups in total. The van der Waals surface area contributed by atoms with Crippen molar-refractivity contribution in [3.63, 3.8) is 0 Å². The highest BCUT2D eigenvalue weighted by Gasteiger charge is 1.78. The molecule has 0 saturated carbocycles. The molecule has 0 unspecified atom stereocenters. The Balaban J connectivity index is 0. The highest BCUT2D eigenvalue weighted by molar-refractivity contribution is 5.76. The van der Waals surface area contributed by atoms with Crippen LogP contribution in [0.4, 0.5) is 0 Å². The van der Waals surface area contributed by atoms with Gasteiger partial charge >= 0.3 is 0 Å². The Morgan fingerprint density at radius 2 is 2.00 bits per heavy atom. The predicted molar refractivity (Wildman–Crippen MR) is 22.7 cm³/mol. The SMILES string of the molecule is CC(=O)CO.[C-]#N. The Kier molecular flexibility index (Phi) is 12.1. The minimum Gasteiger partial charge on any atom is -0.512 e. The minimum atomic E-state index is -0.333. The van der Waals surface area contributed by atoms with Crippen LogP contribution in [0.3, 0.4) is 0 Å². The summed E-state index contributed by atoms with van der Waals surface area (Å²) in [6.45, 7) is 5.75. The van der Waals surface area contributed by atoms with Crippen molar-refractivity contribution in [2.45, 2.75) is 6.92 Å². The summed E-state index contributed by atoms with van der Waals surface area (Å²) < 4.78 is 0. The Labute approximate surface area is 42.2 Å². The molecule has 0 saturated heterocycles. The maximum absolute atomic E-state index is 9.56. The number of carbonyl (C=O) groups excluding carboxylic acids is 1. The van der Waals surface area contributed by atoms with Crippen LogP contribution in [0.5, 0.6) is 0 Å². The molecule has 0 aromatic rings. The highest BCUT2D eigenvalue weighted by Crippen LogP contribution is 1.55. The van der Waals surface area contributed by atoms with E-state index in [1.165, 1.54) is 6.92 Å². The lowest BCUT2D eigenvalue weighted by atomic mass is 10.5. The number of aliphatic hydroxyl groups is 1. The van der Waals surface area contributed by atoms with E-state index in [2.05, 4.69) is 0 Å². The van der Waals surface area contributed by atoms with E-state index in [1.54, 1.807) is 0 Å². The van der Waals surface area contributed by atoms with Gasteiger partial charge in [-0.2, -0.15) is 0 Å². The third-order valence-corrected chi connectivity index (χ3v) is 0.223. The van der Waals surface area contributed by atoms with E-state index in [9.17, 15) is 4.79 Å². The molecular formula is C4H6NO2-. The Hall–Kier alpha value is -0.880. The molecule has 40 valence electrons. The molecule has 0 fully saturated rings. The molecule has 0 aromatic heterocycles. The summed E-state index contributed by atoms with van der Waals surface area (Å²) in [5, 5.41) is 14.0. The maximum Gasteiger partial charge on any atom is 0.155 e. The molecule has 0 radical (unpaired) electrons. The molecule has 0 bridgehead atoms. The quantitative estimate of drug-likeness (QED) is 0.459. The zero-order valence-corrected chi connectivity index (χ0v) is 4.01. The lowest BCUT2D eigenvalue weighted by Crippen LogP contribution is -1.93. The largest absolute Gasteiger partial charge is 0.512 e. The fraction of sp³-hybridized carbons (Fsp3) is 0.500. The van der Waals surface area contributed by atoms with E-state index in [0.29, 0.717) is 0 Å². The van der Waals surface area contributed by atoms with Gasteiger partial charge in [0, 0.05) is 0 Å². The number of Topliss-reactive ketones (excluding diaryl/α,β-unsaturated/α-hetero) is 1. The van der Waals surface area contributed by atoms with Crippen molar-refractivity contribution in [1.82, 2.24) is 0 Å². The zero-order chi connectivity index (χ0) is 6.28. The van der Waals surface area contributed by atoms with Crippen molar-refractivity contribution >= 4 is 5.78 Å². The average Bonchev–Trinajstić information content (AvgIpc) is 1.73. The second-order valence-corrected chi connectivity index (χ2v) is 0.860. The summed E-state index contributed by atoms with van der Waals surface area (Å²) in [7, 11) is 0. The van der Waals surface area contributed by atoms with Gasteiger partial charge in [-0.15, -0.1) is 0 Å². The molecule has 0 rings (SSSR count). The molecule has 0 spiro atoms. The van der Waals surface area contributed by atoms with Crippen molar-refractivity contribution in [1.29, 1.82) is 5.26 Å². The molecule has 0 aliphatic carbocycles. The van der Waals surface area contributed by atoms with Crippen LogP contribution in [0.1, 0.15) is 6.92 Å². The summed E-state index contributed by atoms with van der Waals surface area (Å²) >= 11 is 0. The third-order valence-electron chi connectivity index (χ3n) is 0.223. The number of hydrogen-bond donors (Lipinski definition) is 1. The van der Waals surface area contributed by atoms with Crippen molar-refractivity contribution in [2.24, 2.45) is 0 Å². The first kappa shape index (κ1) is 9.45. The maximum atomic E-state index is 9.56. The average molecular weight is 100 g/mol. The van der Waals surface area contributed by atoms with Gasteiger partial charge in [0.25, 0.3) is 0 Å². The summed E-state index contributed by atoms with van der Waals surface area (Å²) in [4.78, 5) is 9.56. The smallest absolute Gasteiger partial charge is 0.155 e. The van der Waals surface area contributed by atoms with E-state index in [1.807, 2.05) is 0 Å². The molecule has 0 aliphatic rings. The molecule has 0 heterocycles. The number of ketones is 1. The van der Waals surface area contributed by atoms with Crippen LogP contribution >= 0.6 is 0 Å². The minimum absolute atomic E-state index is 0.190. The fourth-order valence-electron chi connectivity index (χ4n) is 0. The van der Waals surface area contributed by atoms with Crippen LogP contribution in [0.2, 0.25) is 0 Å². The Morgan fingerprint density at radius 3 is 2.00 bits per heavy atom. The number of nitrogens with zero attached hydrogens (tertiary/aromatic N) is 1. The second kappa shape index (κ2) is 8.93. The topological polar surface area (TPSA) is 61.1 Å². The predicted octanol–water partition coefficient (Wildman–Crippen LogP) is -0.336. The monoisotopic (exact) mass is 100 g/mol. The summed E-state index contributed by atoms with van der Waals surface area (Å²) in [6.07, 6.45) is 0. The van der Waals surface area contributed by atoms with Crippen LogP contribution in [0.25, 0.3) is 0 Å². The molecule has 0 atom stereocenters. The first-order valence-corrected chi connectivity index (χ1v) is 1.60. The molecule has 3 heteroatoms.